The second-order valence-corrected chi connectivity index (χ2v) is 3.83. The molecule has 1 aromatic heterocycles. The van der Waals surface area contributed by atoms with E-state index in [1.807, 2.05) is 0 Å². The molecular weight excluding hydrogens is 230 g/mol. The van der Waals surface area contributed by atoms with E-state index in [9.17, 15) is 4.79 Å². The van der Waals surface area contributed by atoms with Crippen LogP contribution in [0.15, 0.2) is 16.9 Å². The largest absolute Gasteiger partial charge is 0.364 e. The number of likely N-dealkylation sites (N-methyl/N-ethyl adjacent to an activating group) is 1. The maximum atomic E-state index is 11.9. The van der Waals surface area contributed by atoms with Crippen molar-refractivity contribution in [3.8, 4) is 0 Å². The molecule has 0 bridgehead atoms. The summed E-state index contributed by atoms with van der Waals surface area (Å²) in [6.45, 7) is 1.45. The number of nitrogens with one attached hydrogen (secondary N) is 1. The summed E-state index contributed by atoms with van der Waals surface area (Å²) in [5.74, 6) is 0.135. The average Bonchev–Trinajstić information content (AvgIpc) is 2.88. The molecule has 0 aromatic carbocycles. The molecule has 1 atom stereocenters. The van der Waals surface area contributed by atoms with Gasteiger partial charge in [-0.1, -0.05) is 5.16 Å². The minimum Gasteiger partial charge on any atom is -0.364 e. The van der Waals surface area contributed by atoms with Crippen LogP contribution >= 0.6 is 12.4 Å². The predicted molar refractivity (Wildman–Crippen MR) is 61.2 cm³/mol. The van der Waals surface area contributed by atoms with E-state index < -0.39 is 0 Å². The Morgan fingerprint density at radius 2 is 2.56 bits per heavy atom. The number of halogens is 1. The summed E-state index contributed by atoms with van der Waals surface area (Å²) in [5, 5.41) is 6.96. The van der Waals surface area contributed by atoms with Gasteiger partial charge in [0.05, 0.1) is 12.6 Å². The molecule has 1 aliphatic heterocycles. The lowest BCUT2D eigenvalue weighted by molar-refractivity contribution is -0.132. The molecule has 6 heteroatoms. The molecule has 0 saturated carbocycles. The molecule has 1 saturated heterocycles. The zero-order valence-electron chi connectivity index (χ0n) is 9.18. The fraction of sp³-hybridized carbons (Fsp3) is 0.600. The van der Waals surface area contributed by atoms with Crippen LogP contribution in [0.5, 0.6) is 0 Å². The molecule has 1 amide bonds. The number of hydrogen-bond donors (Lipinski definition) is 1. The Morgan fingerprint density at radius 1 is 1.75 bits per heavy atom. The van der Waals surface area contributed by atoms with Gasteiger partial charge in [0, 0.05) is 13.1 Å². The van der Waals surface area contributed by atoms with Gasteiger partial charge in [-0.2, -0.15) is 0 Å². The lowest BCUT2D eigenvalue weighted by atomic mass is 10.2. The minimum absolute atomic E-state index is 0. The van der Waals surface area contributed by atoms with Gasteiger partial charge in [-0.05, 0) is 19.4 Å². The van der Waals surface area contributed by atoms with Gasteiger partial charge in [0.15, 0.2) is 0 Å². The molecule has 1 fully saturated rings. The smallest absolute Gasteiger partial charge is 0.239 e. The molecule has 90 valence electrons. The van der Waals surface area contributed by atoms with Crippen LogP contribution < -0.4 is 5.32 Å². The third kappa shape index (κ3) is 2.96. The average molecular weight is 246 g/mol. The van der Waals surface area contributed by atoms with Crippen molar-refractivity contribution in [1.82, 2.24) is 15.4 Å². The Kier molecular flexibility index (Phi) is 4.76. The molecule has 2 rings (SSSR count). The van der Waals surface area contributed by atoms with Crippen LogP contribution in [0.3, 0.4) is 0 Å². The molecule has 1 aromatic rings. The third-order valence-electron chi connectivity index (χ3n) is 2.63. The molecule has 5 nitrogen and oxygen atoms in total. The first kappa shape index (κ1) is 13.0. The molecule has 0 radical (unpaired) electrons. The van der Waals surface area contributed by atoms with E-state index in [1.54, 1.807) is 18.0 Å². The van der Waals surface area contributed by atoms with E-state index in [0.717, 1.165) is 25.1 Å². The molecular formula is C10H16ClN3O2. The van der Waals surface area contributed by atoms with Gasteiger partial charge in [-0.25, -0.2) is 0 Å². The van der Waals surface area contributed by atoms with Gasteiger partial charge in [-0.3, -0.25) is 4.79 Å². The second kappa shape index (κ2) is 5.86. The number of nitrogens with zero attached hydrogens (tertiary/aromatic N) is 2. The Labute approximate surface area is 101 Å². The Balaban J connectivity index is 0.00000128. The first-order valence-electron chi connectivity index (χ1n) is 5.15. The Hall–Kier alpha value is -1.07. The fourth-order valence-corrected chi connectivity index (χ4v) is 1.80. The molecule has 1 unspecified atom stereocenters. The zero-order chi connectivity index (χ0) is 10.7. The van der Waals surface area contributed by atoms with Gasteiger partial charge in [0.25, 0.3) is 0 Å². The summed E-state index contributed by atoms with van der Waals surface area (Å²) >= 11 is 0. The highest BCUT2D eigenvalue weighted by Crippen LogP contribution is 2.09. The van der Waals surface area contributed by atoms with Crippen molar-refractivity contribution in [1.29, 1.82) is 0 Å². The quantitative estimate of drug-likeness (QED) is 0.856. The highest BCUT2D eigenvalue weighted by molar-refractivity contribution is 5.85. The van der Waals surface area contributed by atoms with E-state index in [1.165, 1.54) is 6.26 Å². The van der Waals surface area contributed by atoms with Gasteiger partial charge in [0.1, 0.15) is 12.0 Å². The molecule has 1 N–H and O–H groups in total. The van der Waals surface area contributed by atoms with Crippen molar-refractivity contribution in [2.24, 2.45) is 0 Å². The number of rotatable bonds is 3. The van der Waals surface area contributed by atoms with Gasteiger partial charge in [0.2, 0.25) is 5.91 Å². The first-order chi connectivity index (χ1) is 7.27. The summed E-state index contributed by atoms with van der Waals surface area (Å²) in [7, 11) is 1.79. The maximum absolute atomic E-state index is 11.9. The van der Waals surface area contributed by atoms with Crippen molar-refractivity contribution < 1.29 is 9.32 Å². The monoisotopic (exact) mass is 245 g/mol. The number of carbonyl (C=O) groups excluding carboxylic acids is 1. The molecule has 16 heavy (non-hydrogen) atoms. The third-order valence-corrected chi connectivity index (χ3v) is 2.63. The lowest BCUT2D eigenvalue weighted by Crippen LogP contribution is -2.41. The van der Waals surface area contributed by atoms with Crippen molar-refractivity contribution in [2.75, 3.05) is 13.6 Å². The number of aromatic nitrogens is 1. The molecule has 2 heterocycles. The van der Waals surface area contributed by atoms with Crippen LogP contribution in [0.2, 0.25) is 0 Å². The summed E-state index contributed by atoms with van der Waals surface area (Å²) in [6.07, 6.45) is 3.53. The van der Waals surface area contributed by atoms with E-state index >= 15 is 0 Å². The normalized spacial score (nSPS) is 19.2. The number of carbonyl (C=O) groups is 1. The Bertz CT molecular complexity index is 323. The minimum atomic E-state index is -0.0121. The van der Waals surface area contributed by atoms with Crippen LogP contribution in [-0.2, 0) is 11.3 Å². The number of hydrogen-bond acceptors (Lipinski definition) is 4. The molecule has 0 aliphatic carbocycles. The van der Waals surface area contributed by atoms with Gasteiger partial charge in [-0.15, -0.1) is 12.4 Å². The maximum Gasteiger partial charge on any atom is 0.239 e. The summed E-state index contributed by atoms with van der Waals surface area (Å²) in [6, 6.07) is 1.76. The number of amides is 1. The fourth-order valence-electron chi connectivity index (χ4n) is 1.80. The highest BCUT2D eigenvalue weighted by atomic mass is 35.5. The highest BCUT2D eigenvalue weighted by Gasteiger charge is 2.25. The molecule has 1 aliphatic rings. The van der Waals surface area contributed by atoms with Gasteiger partial charge < -0.3 is 14.7 Å². The van der Waals surface area contributed by atoms with Crippen LogP contribution in [0.25, 0.3) is 0 Å². The topological polar surface area (TPSA) is 58.4 Å². The standard InChI is InChI=1S/C10H15N3O2.ClH/c1-13(7-8-4-6-15-12-8)10(14)9-3-2-5-11-9;/h4,6,9,11H,2-3,5,7H2,1H3;1H. The first-order valence-corrected chi connectivity index (χ1v) is 5.15. The van der Waals surface area contributed by atoms with Crippen LogP contribution in [0.1, 0.15) is 18.5 Å². The SMILES string of the molecule is CN(Cc1ccon1)C(=O)C1CCCN1.Cl. The summed E-state index contributed by atoms with van der Waals surface area (Å²) in [5.41, 5.74) is 0.781. The Morgan fingerprint density at radius 3 is 3.12 bits per heavy atom. The lowest BCUT2D eigenvalue weighted by Gasteiger charge is -2.19. The van der Waals surface area contributed by atoms with Crippen LogP contribution in [-0.4, -0.2) is 35.6 Å². The van der Waals surface area contributed by atoms with Crippen LogP contribution in [0, 0.1) is 0 Å². The van der Waals surface area contributed by atoms with Crippen molar-refractivity contribution in [2.45, 2.75) is 25.4 Å². The second-order valence-electron chi connectivity index (χ2n) is 3.83. The van der Waals surface area contributed by atoms with Crippen molar-refractivity contribution in [3.05, 3.63) is 18.0 Å². The summed E-state index contributed by atoms with van der Waals surface area (Å²) in [4.78, 5) is 13.6. The predicted octanol–water partition coefficient (Wildman–Crippen LogP) is 0.807. The zero-order valence-corrected chi connectivity index (χ0v) is 10.00. The van der Waals surface area contributed by atoms with E-state index in [2.05, 4.69) is 10.5 Å². The summed E-state index contributed by atoms with van der Waals surface area (Å²) < 4.78 is 4.72. The van der Waals surface area contributed by atoms with E-state index in [0.29, 0.717) is 6.54 Å². The van der Waals surface area contributed by atoms with Crippen molar-refractivity contribution >= 4 is 18.3 Å². The van der Waals surface area contributed by atoms with Crippen LogP contribution in [0.4, 0.5) is 0 Å². The van der Waals surface area contributed by atoms with Gasteiger partial charge >= 0.3 is 0 Å². The van der Waals surface area contributed by atoms with E-state index in [-0.39, 0.29) is 24.4 Å². The van der Waals surface area contributed by atoms with E-state index in [4.69, 9.17) is 4.52 Å². The van der Waals surface area contributed by atoms with Crippen molar-refractivity contribution in [3.63, 3.8) is 0 Å². The molecule has 0 spiro atoms.